The smallest absolute Gasteiger partial charge is 0.272 e. The molecule has 27 heavy (non-hydrogen) atoms. The number of hydrogen-bond donors (Lipinski definition) is 1. The highest BCUT2D eigenvalue weighted by Gasteiger charge is 2.42. The van der Waals surface area contributed by atoms with E-state index in [-0.39, 0.29) is 24.5 Å². The molecule has 2 unspecified atom stereocenters. The molecular formula is C21H29N3O3. The van der Waals surface area contributed by atoms with Crippen LogP contribution in [0, 0.1) is 0 Å². The van der Waals surface area contributed by atoms with Gasteiger partial charge in [-0.1, -0.05) is 44.2 Å². The first-order valence-electron chi connectivity index (χ1n) is 9.51. The van der Waals surface area contributed by atoms with Gasteiger partial charge in [0.25, 0.3) is 5.91 Å². The molecule has 3 rings (SSSR count). The number of hydrogen-bond acceptors (Lipinski definition) is 4. The predicted octanol–water partition coefficient (Wildman–Crippen LogP) is 2.73. The van der Waals surface area contributed by atoms with Crippen LogP contribution in [0.4, 0.5) is 0 Å². The third-order valence-electron chi connectivity index (χ3n) is 5.34. The number of carbonyl (C=O) groups excluding carboxylic acids is 1. The van der Waals surface area contributed by atoms with E-state index in [1.54, 1.807) is 16.6 Å². The summed E-state index contributed by atoms with van der Waals surface area (Å²) in [6.45, 7) is 7.13. The van der Waals surface area contributed by atoms with Crippen LogP contribution in [0.2, 0.25) is 0 Å². The SMILES string of the molecule is CC(C)c1cc(C(=O)N(Cc2ccccc2)CC2(O)CCOC2C)n(C)n1. The summed E-state index contributed by atoms with van der Waals surface area (Å²) in [5.74, 6) is 0.112. The van der Waals surface area contributed by atoms with Crippen molar-refractivity contribution in [3.05, 3.63) is 53.3 Å². The molecule has 6 nitrogen and oxygen atoms in total. The van der Waals surface area contributed by atoms with Crippen molar-refractivity contribution >= 4 is 5.91 Å². The molecule has 0 saturated carbocycles. The second-order valence-corrected chi connectivity index (χ2v) is 7.75. The van der Waals surface area contributed by atoms with Crippen molar-refractivity contribution in [2.75, 3.05) is 13.2 Å². The van der Waals surface area contributed by atoms with E-state index in [9.17, 15) is 9.90 Å². The summed E-state index contributed by atoms with van der Waals surface area (Å²) < 4.78 is 7.19. The van der Waals surface area contributed by atoms with E-state index in [4.69, 9.17) is 4.74 Å². The predicted molar refractivity (Wildman–Crippen MR) is 103 cm³/mol. The Bertz CT molecular complexity index is 787. The molecule has 2 aromatic rings. The van der Waals surface area contributed by atoms with Crippen molar-refractivity contribution < 1.29 is 14.6 Å². The average Bonchev–Trinajstić information content (AvgIpc) is 3.18. The van der Waals surface area contributed by atoms with Crippen LogP contribution in [0.15, 0.2) is 36.4 Å². The first kappa shape index (κ1) is 19.6. The average molecular weight is 371 g/mol. The minimum atomic E-state index is -1.04. The Hall–Kier alpha value is -2.18. The second kappa shape index (κ2) is 7.82. The molecule has 2 heterocycles. The fourth-order valence-corrected chi connectivity index (χ4v) is 3.45. The van der Waals surface area contributed by atoms with Gasteiger partial charge in [0.05, 0.1) is 18.3 Å². The second-order valence-electron chi connectivity index (χ2n) is 7.75. The molecule has 2 atom stereocenters. The molecule has 1 amide bonds. The van der Waals surface area contributed by atoms with Gasteiger partial charge in [0, 0.05) is 26.6 Å². The lowest BCUT2D eigenvalue weighted by Gasteiger charge is -2.33. The summed E-state index contributed by atoms with van der Waals surface area (Å²) in [5.41, 5.74) is 1.40. The lowest BCUT2D eigenvalue weighted by atomic mass is 9.95. The minimum absolute atomic E-state index is 0.131. The van der Waals surface area contributed by atoms with E-state index < -0.39 is 5.60 Å². The zero-order valence-electron chi connectivity index (χ0n) is 16.6. The first-order valence-corrected chi connectivity index (χ1v) is 9.51. The maximum Gasteiger partial charge on any atom is 0.272 e. The van der Waals surface area contributed by atoms with Crippen LogP contribution in [0.25, 0.3) is 0 Å². The number of nitrogens with zero attached hydrogens (tertiary/aromatic N) is 3. The molecular weight excluding hydrogens is 342 g/mol. The number of carbonyl (C=O) groups is 1. The highest BCUT2D eigenvalue weighted by atomic mass is 16.5. The molecule has 0 spiro atoms. The van der Waals surface area contributed by atoms with Crippen molar-refractivity contribution in [1.82, 2.24) is 14.7 Å². The van der Waals surface area contributed by atoms with E-state index in [0.717, 1.165) is 11.3 Å². The molecule has 1 aromatic heterocycles. The van der Waals surface area contributed by atoms with Crippen molar-refractivity contribution in [2.24, 2.45) is 7.05 Å². The van der Waals surface area contributed by atoms with Gasteiger partial charge in [-0.05, 0) is 24.5 Å². The summed E-state index contributed by atoms with van der Waals surface area (Å²) in [4.78, 5) is 15.1. The standard InChI is InChI=1S/C21H29N3O3/c1-15(2)18-12-19(23(4)22-18)20(25)24(13-17-8-6-5-7-9-17)14-21(26)10-11-27-16(21)3/h5-9,12,15-16,26H,10-11,13-14H2,1-4H3. The van der Waals surface area contributed by atoms with Crippen LogP contribution >= 0.6 is 0 Å². The third-order valence-corrected chi connectivity index (χ3v) is 5.34. The van der Waals surface area contributed by atoms with Crippen LogP contribution in [-0.2, 0) is 18.3 Å². The maximum atomic E-state index is 13.4. The highest BCUT2D eigenvalue weighted by molar-refractivity contribution is 5.92. The highest BCUT2D eigenvalue weighted by Crippen LogP contribution is 2.28. The number of rotatable bonds is 6. The normalized spacial score (nSPS) is 22.4. The van der Waals surface area contributed by atoms with Crippen LogP contribution in [0.1, 0.15) is 54.9 Å². The zero-order valence-corrected chi connectivity index (χ0v) is 16.6. The molecule has 1 fully saturated rings. The van der Waals surface area contributed by atoms with Gasteiger partial charge in [0.1, 0.15) is 11.3 Å². The number of aryl methyl sites for hydroxylation is 1. The zero-order chi connectivity index (χ0) is 19.6. The molecule has 1 saturated heterocycles. The van der Waals surface area contributed by atoms with E-state index in [1.807, 2.05) is 43.3 Å². The fraction of sp³-hybridized carbons (Fsp3) is 0.524. The molecule has 0 aliphatic carbocycles. The van der Waals surface area contributed by atoms with Crippen LogP contribution in [0.3, 0.4) is 0 Å². The van der Waals surface area contributed by atoms with Crippen molar-refractivity contribution in [3.8, 4) is 0 Å². The van der Waals surface area contributed by atoms with Gasteiger partial charge >= 0.3 is 0 Å². The molecule has 0 bridgehead atoms. The van der Waals surface area contributed by atoms with Gasteiger partial charge in [0.2, 0.25) is 0 Å². The minimum Gasteiger partial charge on any atom is -0.385 e. The summed E-state index contributed by atoms with van der Waals surface area (Å²) in [7, 11) is 1.79. The summed E-state index contributed by atoms with van der Waals surface area (Å²) in [6.07, 6.45) is 0.219. The van der Waals surface area contributed by atoms with Gasteiger partial charge < -0.3 is 14.7 Å². The Morgan fingerprint density at radius 1 is 1.41 bits per heavy atom. The quantitative estimate of drug-likeness (QED) is 0.848. The van der Waals surface area contributed by atoms with Crippen LogP contribution in [0.5, 0.6) is 0 Å². The Morgan fingerprint density at radius 2 is 2.11 bits per heavy atom. The van der Waals surface area contributed by atoms with Crippen LogP contribution in [-0.4, -0.2) is 50.6 Å². The van der Waals surface area contributed by atoms with Crippen molar-refractivity contribution in [2.45, 2.75) is 51.4 Å². The fourth-order valence-electron chi connectivity index (χ4n) is 3.45. The molecule has 1 N–H and O–H groups in total. The van der Waals surface area contributed by atoms with Crippen molar-refractivity contribution in [3.63, 3.8) is 0 Å². The Kier molecular flexibility index (Phi) is 5.67. The Balaban J connectivity index is 1.90. The molecule has 1 aliphatic heterocycles. The molecule has 146 valence electrons. The van der Waals surface area contributed by atoms with Gasteiger partial charge in [-0.2, -0.15) is 5.10 Å². The monoisotopic (exact) mass is 371 g/mol. The summed E-state index contributed by atoms with van der Waals surface area (Å²) in [5, 5.41) is 15.5. The first-order chi connectivity index (χ1) is 12.8. The van der Waals surface area contributed by atoms with Crippen LogP contribution < -0.4 is 0 Å². The van der Waals surface area contributed by atoms with Gasteiger partial charge in [-0.3, -0.25) is 9.48 Å². The summed E-state index contributed by atoms with van der Waals surface area (Å²) >= 11 is 0. The lowest BCUT2D eigenvalue weighted by molar-refractivity contribution is -0.0459. The van der Waals surface area contributed by atoms with E-state index in [0.29, 0.717) is 25.3 Å². The number of aliphatic hydroxyl groups is 1. The third kappa shape index (κ3) is 4.22. The number of ether oxygens (including phenoxy) is 1. The maximum absolute atomic E-state index is 13.4. The number of amides is 1. The van der Waals surface area contributed by atoms with E-state index in [2.05, 4.69) is 18.9 Å². The number of benzene rings is 1. The van der Waals surface area contributed by atoms with E-state index >= 15 is 0 Å². The number of aromatic nitrogens is 2. The Morgan fingerprint density at radius 3 is 2.67 bits per heavy atom. The molecule has 1 aliphatic rings. The largest absolute Gasteiger partial charge is 0.385 e. The van der Waals surface area contributed by atoms with E-state index in [1.165, 1.54) is 0 Å². The van der Waals surface area contributed by atoms with Gasteiger partial charge in [-0.25, -0.2) is 0 Å². The Labute approximate surface area is 160 Å². The molecule has 6 heteroatoms. The summed E-state index contributed by atoms with van der Waals surface area (Å²) in [6, 6.07) is 11.7. The molecule has 1 aromatic carbocycles. The van der Waals surface area contributed by atoms with Gasteiger partial charge in [0.15, 0.2) is 0 Å². The lowest BCUT2D eigenvalue weighted by Crippen LogP contribution is -2.49. The topological polar surface area (TPSA) is 67.6 Å². The van der Waals surface area contributed by atoms with Gasteiger partial charge in [-0.15, -0.1) is 0 Å². The molecule has 0 radical (unpaired) electrons. The van der Waals surface area contributed by atoms with Crippen molar-refractivity contribution in [1.29, 1.82) is 0 Å².